The van der Waals surface area contributed by atoms with Crippen LogP contribution in [0, 0.1) is 0 Å². The molecule has 0 heterocycles. The van der Waals surface area contributed by atoms with Crippen molar-refractivity contribution >= 4 is 11.9 Å². The molecule has 0 aliphatic carbocycles. The highest BCUT2D eigenvalue weighted by Gasteiger charge is 2.23. The highest BCUT2D eigenvalue weighted by Crippen LogP contribution is 2.21. The van der Waals surface area contributed by atoms with Gasteiger partial charge in [-0.3, -0.25) is 0 Å². The van der Waals surface area contributed by atoms with Gasteiger partial charge < -0.3 is 14.6 Å². The molecule has 0 fully saturated rings. The van der Waals surface area contributed by atoms with Crippen LogP contribution in [0.1, 0.15) is 15.9 Å². The Labute approximate surface area is 128 Å². The van der Waals surface area contributed by atoms with Crippen LogP contribution in [0.4, 0.5) is 0 Å². The second-order valence-electron chi connectivity index (χ2n) is 4.62. The van der Waals surface area contributed by atoms with E-state index in [2.05, 4.69) is 4.74 Å². The Morgan fingerprint density at radius 1 is 1.05 bits per heavy atom. The Kier molecular flexibility index (Phi) is 5.14. The van der Waals surface area contributed by atoms with Crippen LogP contribution < -0.4 is 4.74 Å². The first-order valence-corrected chi connectivity index (χ1v) is 6.72. The molecule has 1 atom stereocenters. The first kappa shape index (κ1) is 15.6. The summed E-state index contributed by atoms with van der Waals surface area (Å²) >= 11 is 0. The van der Waals surface area contributed by atoms with E-state index in [-0.39, 0.29) is 17.7 Å². The maximum Gasteiger partial charge on any atom is 0.345 e. The lowest BCUT2D eigenvalue weighted by atomic mass is 10.1. The van der Waals surface area contributed by atoms with E-state index in [1.54, 1.807) is 18.2 Å². The van der Waals surface area contributed by atoms with Crippen molar-refractivity contribution in [2.45, 2.75) is 12.5 Å². The highest BCUT2D eigenvalue weighted by atomic mass is 16.5. The summed E-state index contributed by atoms with van der Waals surface area (Å²) in [5, 5.41) is 9.34. The molecule has 0 amide bonds. The number of aliphatic carboxylic acids is 1. The lowest BCUT2D eigenvalue weighted by Crippen LogP contribution is -2.30. The van der Waals surface area contributed by atoms with Gasteiger partial charge in [0.15, 0.2) is 6.10 Å². The van der Waals surface area contributed by atoms with Gasteiger partial charge in [0, 0.05) is 6.42 Å². The normalized spacial score (nSPS) is 11.5. The smallest absolute Gasteiger partial charge is 0.345 e. The Hall–Kier alpha value is -2.82. The van der Waals surface area contributed by atoms with Gasteiger partial charge in [-0.1, -0.05) is 42.5 Å². The summed E-state index contributed by atoms with van der Waals surface area (Å²) in [6.07, 6.45) is -0.890. The maximum absolute atomic E-state index is 11.7. The monoisotopic (exact) mass is 300 g/mol. The summed E-state index contributed by atoms with van der Waals surface area (Å²) in [5.41, 5.74) is 1.04. The topological polar surface area (TPSA) is 72.8 Å². The van der Waals surface area contributed by atoms with Crippen LogP contribution >= 0.6 is 0 Å². The molecule has 22 heavy (non-hydrogen) atoms. The molecule has 5 nitrogen and oxygen atoms in total. The number of rotatable bonds is 6. The van der Waals surface area contributed by atoms with Crippen molar-refractivity contribution in [1.82, 2.24) is 0 Å². The van der Waals surface area contributed by atoms with Crippen LogP contribution in [0.5, 0.6) is 5.75 Å². The predicted octanol–water partition coefficient (Wildman–Crippen LogP) is 2.55. The summed E-state index contributed by atoms with van der Waals surface area (Å²) in [7, 11) is 1.26. The fourth-order valence-corrected chi connectivity index (χ4v) is 2.01. The van der Waals surface area contributed by atoms with Crippen molar-refractivity contribution in [1.29, 1.82) is 0 Å². The molecule has 2 aromatic rings. The number of hydrogen-bond donors (Lipinski definition) is 1. The number of carboxylic acid groups (broad SMARTS) is 1. The summed E-state index contributed by atoms with van der Waals surface area (Å²) in [6.45, 7) is 0. The van der Waals surface area contributed by atoms with Crippen LogP contribution in [0.15, 0.2) is 54.6 Å². The molecule has 5 heteroatoms. The quantitative estimate of drug-likeness (QED) is 0.830. The molecule has 0 saturated heterocycles. The summed E-state index contributed by atoms with van der Waals surface area (Å²) in [5.74, 6) is -1.47. The first-order valence-electron chi connectivity index (χ1n) is 6.72. The maximum atomic E-state index is 11.7. The Morgan fingerprint density at radius 3 is 2.32 bits per heavy atom. The van der Waals surface area contributed by atoms with Crippen molar-refractivity contribution in [3.63, 3.8) is 0 Å². The van der Waals surface area contributed by atoms with Gasteiger partial charge in [0.1, 0.15) is 11.3 Å². The molecule has 114 valence electrons. The molecule has 2 rings (SSSR count). The number of ether oxygens (including phenoxy) is 2. The minimum absolute atomic E-state index is 0.192. The van der Waals surface area contributed by atoms with E-state index >= 15 is 0 Å². The number of hydrogen-bond acceptors (Lipinski definition) is 4. The Balaban J connectivity index is 2.22. The second kappa shape index (κ2) is 7.26. The SMILES string of the molecule is COC(=O)c1ccccc1OC(Cc1ccccc1)C(=O)O. The van der Waals surface area contributed by atoms with Crippen molar-refractivity contribution in [3.8, 4) is 5.75 Å². The van der Waals surface area contributed by atoms with Crippen LogP contribution in [0.3, 0.4) is 0 Å². The lowest BCUT2D eigenvalue weighted by Gasteiger charge is -2.17. The van der Waals surface area contributed by atoms with Crippen LogP contribution in [0.2, 0.25) is 0 Å². The van der Waals surface area contributed by atoms with Gasteiger partial charge in [0.2, 0.25) is 0 Å². The fourth-order valence-electron chi connectivity index (χ4n) is 2.01. The number of para-hydroxylation sites is 1. The number of esters is 1. The number of benzene rings is 2. The van der Waals surface area contributed by atoms with Gasteiger partial charge in [-0.25, -0.2) is 9.59 Å². The fraction of sp³-hybridized carbons (Fsp3) is 0.176. The standard InChI is InChI=1S/C17H16O5/c1-21-17(20)13-9-5-6-10-14(13)22-15(16(18)19)11-12-7-3-2-4-8-12/h2-10,15H,11H2,1H3,(H,18,19). The van der Waals surface area contributed by atoms with Gasteiger partial charge in [0.05, 0.1) is 7.11 Å². The number of carbonyl (C=O) groups excluding carboxylic acids is 1. The minimum atomic E-state index is -1.09. The summed E-state index contributed by atoms with van der Waals surface area (Å²) in [4.78, 5) is 23.1. The van der Waals surface area contributed by atoms with E-state index < -0.39 is 18.0 Å². The summed E-state index contributed by atoms with van der Waals surface area (Å²) in [6, 6.07) is 15.6. The lowest BCUT2D eigenvalue weighted by molar-refractivity contribution is -0.145. The van der Waals surface area contributed by atoms with Crippen LogP contribution in [-0.4, -0.2) is 30.3 Å². The van der Waals surface area contributed by atoms with Crippen molar-refractivity contribution in [2.75, 3.05) is 7.11 Å². The molecule has 1 N–H and O–H groups in total. The van der Waals surface area contributed by atoms with E-state index in [0.29, 0.717) is 0 Å². The zero-order valence-corrected chi connectivity index (χ0v) is 12.1. The second-order valence-corrected chi connectivity index (χ2v) is 4.62. The van der Waals surface area contributed by atoms with Gasteiger partial charge in [-0.05, 0) is 17.7 Å². The van der Waals surface area contributed by atoms with Crippen LogP contribution in [-0.2, 0) is 16.0 Å². The molecular weight excluding hydrogens is 284 g/mol. The molecule has 0 bridgehead atoms. The zero-order chi connectivity index (χ0) is 15.9. The molecule has 0 aliphatic rings. The molecule has 0 aromatic heterocycles. The van der Waals surface area contributed by atoms with Crippen molar-refractivity contribution in [2.24, 2.45) is 0 Å². The number of carboxylic acids is 1. The molecule has 0 aliphatic heterocycles. The first-order chi connectivity index (χ1) is 10.6. The van der Waals surface area contributed by atoms with Gasteiger partial charge >= 0.3 is 11.9 Å². The molecule has 0 radical (unpaired) electrons. The summed E-state index contributed by atoms with van der Waals surface area (Å²) < 4.78 is 10.2. The van der Waals surface area contributed by atoms with E-state index in [1.165, 1.54) is 13.2 Å². The minimum Gasteiger partial charge on any atom is -0.478 e. The Morgan fingerprint density at radius 2 is 1.68 bits per heavy atom. The van der Waals surface area contributed by atoms with Gasteiger partial charge in [-0.15, -0.1) is 0 Å². The van der Waals surface area contributed by atoms with Gasteiger partial charge in [-0.2, -0.15) is 0 Å². The molecule has 1 unspecified atom stereocenters. The third-order valence-corrected chi connectivity index (χ3v) is 3.10. The number of carbonyl (C=O) groups is 2. The third kappa shape index (κ3) is 3.85. The van der Waals surface area contributed by atoms with E-state index in [4.69, 9.17) is 4.74 Å². The van der Waals surface area contributed by atoms with E-state index in [9.17, 15) is 14.7 Å². The average molecular weight is 300 g/mol. The average Bonchev–Trinajstić information content (AvgIpc) is 2.55. The largest absolute Gasteiger partial charge is 0.478 e. The van der Waals surface area contributed by atoms with Crippen molar-refractivity contribution < 1.29 is 24.2 Å². The van der Waals surface area contributed by atoms with E-state index in [1.807, 2.05) is 30.3 Å². The zero-order valence-electron chi connectivity index (χ0n) is 12.1. The molecule has 0 spiro atoms. The van der Waals surface area contributed by atoms with Crippen molar-refractivity contribution in [3.05, 3.63) is 65.7 Å². The molecule has 2 aromatic carbocycles. The Bertz CT molecular complexity index is 651. The molecule has 0 saturated carbocycles. The number of methoxy groups -OCH3 is 1. The van der Waals surface area contributed by atoms with Crippen LogP contribution in [0.25, 0.3) is 0 Å². The van der Waals surface area contributed by atoms with E-state index in [0.717, 1.165) is 5.56 Å². The predicted molar refractivity (Wildman–Crippen MR) is 80.0 cm³/mol. The van der Waals surface area contributed by atoms with Gasteiger partial charge in [0.25, 0.3) is 0 Å². The molecular formula is C17H16O5. The highest BCUT2D eigenvalue weighted by molar-refractivity contribution is 5.92. The third-order valence-electron chi connectivity index (χ3n) is 3.10.